The van der Waals surface area contributed by atoms with E-state index in [4.69, 9.17) is 30.0 Å². The van der Waals surface area contributed by atoms with Gasteiger partial charge in [-0.05, 0) is 12.1 Å². The maximum atomic E-state index is 12.6. The average molecular weight is 694 g/mol. The summed E-state index contributed by atoms with van der Waals surface area (Å²) in [5.74, 6) is -0.358. The van der Waals surface area contributed by atoms with Crippen molar-refractivity contribution in [3.8, 4) is 0 Å². The van der Waals surface area contributed by atoms with E-state index in [0.717, 1.165) is 23.0 Å². The molecule has 2 aliphatic rings. The van der Waals surface area contributed by atoms with E-state index < -0.39 is 89.3 Å². The van der Waals surface area contributed by atoms with Crippen molar-refractivity contribution in [3.63, 3.8) is 0 Å². The Morgan fingerprint density at radius 1 is 0.841 bits per heavy atom. The second-order valence-electron chi connectivity index (χ2n) is 8.71. The summed E-state index contributed by atoms with van der Waals surface area (Å²) in [4.78, 5) is 66.3. The summed E-state index contributed by atoms with van der Waals surface area (Å²) >= 11 is 0. The summed E-state index contributed by atoms with van der Waals surface area (Å²) in [7, 11) is -11.2. The van der Waals surface area contributed by atoms with E-state index in [-0.39, 0.29) is 100 Å². The zero-order chi connectivity index (χ0) is 30.3. The van der Waals surface area contributed by atoms with E-state index in [9.17, 15) is 48.7 Å². The van der Waals surface area contributed by atoms with Crippen LogP contribution in [0, 0.1) is 0 Å². The van der Waals surface area contributed by atoms with Crippen molar-refractivity contribution in [1.29, 1.82) is 0 Å². The minimum absolute atomic E-state index is 0. The van der Waals surface area contributed by atoms with Gasteiger partial charge in [0.1, 0.15) is 48.3 Å². The van der Waals surface area contributed by atoms with Crippen LogP contribution in [-0.4, -0.2) is 84.3 Å². The molecule has 2 fully saturated rings. The van der Waals surface area contributed by atoms with Gasteiger partial charge >= 0.3 is 100 Å². The molecule has 0 amide bonds. The number of phosphoric ester groups is 2. The van der Waals surface area contributed by atoms with E-state index in [2.05, 4.69) is 14.5 Å². The van der Waals surface area contributed by atoms with Crippen molar-refractivity contribution in [2.45, 2.75) is 49.1 Å². The second kappa shape index (κ2) is 17.2. The molecule has 0 spiro atoms. The summed E-state index contributed by atoms with van der Waals surface area (Å²) in [6.45, 7) is -1.94. The molecule has 2 saturated heterocycles. The molecule has 2 aromatic rings. The van der Waals surface area contributed by atoms with Crippen molar-refractivity contribution in [3.05, 3.63) is 45.5 Å². The Kier molecular flexibility index (Phi) is 16.5. The molecule has 7 N–H and O–H groups in total. The number of anilines is 2. The van der Waals surface area contributed by atoms with Crippen molar-refractivity contribution >= 4 is 27.3 Å². The van der Waals surface area contributed by atoms with Crippen LogP contribution in [0.1, 0.15) is 12.5 Å². The maximum Gasteiger partial charge on any atom is 1.00 e. The van der Waals surface area contributed by atoms with Crippen LogP contribution in [0.25, 0.3) is 0 Å². The number of nitrogens with two attached hydrogens (primary N) is 2. The van der Waals surface area contributed by atoms with Gasteiger partial charge in [-0.2, -0.15) is 9.97 Å². The molecule has 0 aliphatic carbocycles. The maximum absolute atomic E-state index is 12.6. The standard InChI is InChI=1S/C18H26N6O15P2.3Na/c19-9-1-3-23(17(28)21-9)15-12(27)13(7(5-25)36-15)39-41(33,34)35-6-8-11(26)14(38-40(30,31)32)16(37-8)24-4-2-10(20)22-18(24)29;;;/h1-4,7-8,11-16,25-27H,5-6H2,(H,33,34)(H2,19,21,28)(H2,20,22,29)(H2,30,31,32);;;/q;3*+1/p-3/t7-,8-,11-,12-,13-,14-,15-,16-;;;/m1.../s1. The van der Waals surface area contributed by atoms with Gasteiger partial charge in [-0.25, -0.2) is 9.59 Å². The Morgan fingerprint density at radius 3 is 1.82 bits per heavy atom. The summed E-state index contributed by atoms with van der Waals surface area (Å²) in [6, 6.07) is 2.31. The SMILES string of the molecule is Nc1ccn([C@@H]2O[C@H](CO)[C@@H](OP(=O)([O-])OC[C@H]3O[C@@H](n4ccc(N)nc4=O)[C@H](OP(=O)([O-])[O-])[C@@H]3O)[C@H]2O)c(=O)n1.[Na+].[Na+].[Na+]. The van der Waals surface area contributed by atoms with Gasteiger partial charge in [-0.15, -0.1) is 0 Å². The Bertz CT molecular complexity index is 1480. The van der Waals surface area contributed by atoms with Gasteiger partial charge in [-0.3, -0.25) is 13.7 Å². The van der Waals surface area contributed by atoms with E-state index in [1.165, 1.54) is 6.07 Å². The molecule has 0 saturated carbocycles. The fourth-order valence-corrected chi connectivity index (χ4v) is 5.63. The number of nitrogen functional groups attached to an aromatic ring is 2. The summed E-state index contributed by atoms with van der Waals surface area (Å²) in [5.41, 5.74) is 8.79. The number of aliphatic hydroxyl groups excluding tert-OH is 3. The van der Waals surface area contributed by atoms with Crippen LogP contribution in [0.4, 0.5) is 11.6 Å². The average Bonchev–Trinajstić information content (AvgIpc) is 3.33. The molecular weight excluding hydrogens is 671 g/mol. The first-order valence-corrected chi connectivity index (χ1v) is 14.3. The van der Waals surface area contributed by atoms with Crippen molar-refractivity contribution in [2.75, 3.05) is 24.7 Å². The van der Waals surface area contributed by atoms with Crippen LogP contribution >= 0.6 is 15.6 Å². The van der Waals surface area contributed by atoms with Gasteiger partial charge in [0.2, 0.25) is 0 Å². The number of aliphatic hydroxyl groups is 3. The van der Waals surface area contributed by atoms with E-state index >= 15 is 0 Å². The van der Waals surface area contributed by atoms with Crippen molar-refractivity contribution < 1.29 is 151 Å². The van der Waals surface area contributed by atoms with Crippen molar-refractivity contribution in [1.82, 2.24) is 19.1 Å². The van der Waals surface area contributed by atoms with Gasteiger partial charge < -0.3 is 69.1 Å². The third kappa shape index (κ3) is 10.2. The minimum atomic E-state index is -5.77. The molecule has 228 valence electrons. The molecular formula is C18H23N6Na3O15P2. The molecule has 21 nitrogen and oxygen atoms in total. The van der Waals surface area contributed by atoms with Crippen LogP contribution in [-0.2, 0) is 32.2 Å². The topological polar surface area (TPSA) is 332 Å². The third-order valence-corrected chi connectivity index (χ3v) is 7.42. The zero-order valence-electron chi connectivity index (χ0n) is 23.4. The van der Waals surface area contributed by atoms with E-state index in [1.807, 2.05) is 0 Å². The van der Waals surface area contributed by atoms with Crippen LogP contribution in [0.3, 0.4) is 0 Å². The van der Waals surface area contributed by atoms with Gasteiger partial charge in [-0.1, -0.05) is 0 Å². The first kappa shape index (κ1) is 42.4. The molecule has 2 aromatic heterocycles. The molecule has 0 aromatic carbocycles. The van der Waals surface area contributed by atoms with E-state index in [1.54, 1.807) is 0 Å². The quantitative estimate of drug-likeness (QED) is 0.114. The van der Waals surface area contributed by atoms with Crippen LogP contribution in [0.15, 0.2) is 34.1 Å². The van der Waals surface area contributed by atoms with Gasteiger partial charge in [0.05, 0.1) is 21.0 Å². The number of nitrogens with zero attached hydrogens (tertiary/aromatic N) is 4. The monoisotopic (exact) mass is 694 g/mol. The number of hydrogen-bond donors (Lipinski definition) is 5. The smallest absolute Gasteiger partial charge is 0.790 e. The molecule has 2 aliphatic heterocycles. The van der Waals surface area contributed by atoms with Crippen LogP contribution in [0.2, 0.25) is 0 Å². The van der Waals surface area contributed by atoms with Gasteiger partial charge in [0.25, 0.3) is 7.82 Å². The Morgan fingerprint density at radius 2 is 1.34 bits per heavy atom. The fraction of sp³-hybridized carbons (Fsp3) is 0.556. The third-order valence-electron chi connectivity index (χ3n) is 5.95. The normalized spacial score (nSPS) is 29.6. The van der Waals surface area contributed by atoms with E-state index in [0.29, 0.717) is 4.57 Å². The van der Waals surface area contributed by atoms with Crippen LogP contribution < -0.4 is 126 Å². The summed E-state index contributed by atoms with van der Waals surface area (Å²) < 4.78 is 49.9. The summed E-state index contributed by atoms with van der Waals surface area (Å²) in [5, 5.41) is 30.8. The zero-order valence-corrected chi connectivity index (χ0v) is 31.2. The molecule has 4 heterocycles. The number of hydrogen-bond acceptors (Lipinski definition) is 19. The predicted octanol–water partition coefficient (Wildman–Crippen LogP) is -14.7. The van der Waals surface area contributed by atoms with Crippen molar-refractivity contribution in [2.24, 2.45) is 0 Å². The molecule has 1 unspecified atom stereocenters. The van der Waals surface area contributed by atoms with Crippen LogP contribution in [0.5, 0.6) is 0 Å². The first-order valence-electron chi connectivity index (χ1n) is 11.4. The fourth-order valence-electron chi connectivity index (χ4n) is 4.15. The second-order valence-corrected chi connectivity index (χ2v) is 11.2. The molecule has 4 rings (SSSR count). The molecule has 9 atom stereocenters. The Balaban J connectivity index is 0.00000323. The first-order chi connectivity index (χ1) is 19.1. The Labute approximate surface area is 313 Å². The Hall–Kier alpha value is 0.380. The number of ether oxygens (including phenoxy) is 2. The predicted molar refractivity (Wildman–Crippen MR) is 124 cm³/mol. The van der Waals surface area contributed by atoms with Gasteiger partial charge in [0.15, 0.2) is 12.5 Å². The number of rotatable bonds is 10. The number of phosphoric acid groups is 2. The largest absolute Gasteiger partial charge is 1.00 e. The number of aromatic nitrogens is 4. The molecule has 0 bridgehead atoms. The summed E-state index contributed by atoms with van der Waals surface area (Å²) in [6.07, 6.45) is -12.2. The molecule has 26 heteroatoms. The minimum Gasteiger partial charge on any atom is -0.790 e. The van der Waals surface area contributed by atoms with Gasteiger partial charge in [0, 0.05) is 12.4 Å². The molecule has 44 heavy (non-hydrogen) atoms. The molecule has 0 radical (unpaired) electrons.